The lowest BCUT2D eigenvalue weighted by molar-refractivity contribution is 0.217. The number of rotatable bonds is 4. The van der Waals surface area contributed by atoms with Crippen molar-refractivity contribution in [2.24, 2.45) is 0 Å². The highest BCUT2D eigenvalue weighted by Gasteiger charge is 2.15. The molecular weight excluding hydrogens is 334 g/mol. The van der Waals surface area contributed by atoms with Crippen LogP contribution < -0.4 is 5.32 Å². The van der Waals surface area contributed by atoms with Gasteiger partial charge in [-0.05, 0) is 26.0 Å². The second-order valence-corrected chi connectivity index (χ2v) is 6.13. The fourth-order valence-corrected chi connectivity index (χ4v) is 3.20. The minimum absolute atomic E-state index is 0.193. The van der Waals surface area contributed by atoms with E-state index in [2.05, 4.69) is 15.4 Å². The van der Waals surface area contributed by atoms with Gasteiger partial charge in [0, 0.05) is 29.1 Å². The van der Waals surface area contributed by atoms with Crippen molar-refractivity contribution in [2.75, 3.05) is 18.4 Å². The maximum absolute atomic E-state index is 12.1. The number of amides is 2. The van der Waals surface area contributed by atoms with Gasteiger partial charge in [-0.3, -0.25) is 5.32 Å². The summed E-state index contributed by atoms with van der Waals surface area (Å²) < 4.78 is 1.73. The lowest BCUT2D eigenvalue weighted by atomic mass is 10.2. The molecule has 0 aliphatic heterocycles. The Morgan fingerprint density at radius 2 is 2.00 bits per heavy atom. The number of carbonyl (C=O) groups excluding carboxylic acids is 1. The van der Waals surface area contributed by atoms with E-state index in [1.807, 2.05) is 43.5 Å². The van der Waals surface area contributed by atoms with Crippen LogP contribution in [0, 0.1) is 0 Å². The second kappa shape index (κ2) is 6.55. The number of nitrogens with one attached hydrogen (secondary N) is 1. The zero-order chi connectivity index (χ0) is 16.4. The molecule has 3 aromatic rings. The van der Waals surface area contributed by atoms with Crippen molar-refractivity contribution in [3.8, 4) is 11.3 Å². The second-order valence-electron chi connectivity index (χ2n) is 4.86. The van der Waals surface area contributed by atoms with Gasteiger partial charge < -0.3 is 4.90 Å². The largest absolute Gasteiger partial charge is 0.325 e. The smallest absolute Gasteiger partial charge is 0.324 e. The van der Waals surface area contributed by atoms with Crippen LogP contribution in [-0.4, -0.2) is 38.6 Å². The molecule has 8 heteroatoms. The third-order valence-corrected chi connectivity index (χ3v) is 4.56. The van der Waals surface area contributed by atoms with Crippen LogP contribution in [0.15, 0.2) is 29.6 Å². The summed E-state index contributed by atoms with van der Waals surface area (Å²) in [7, 11) is 0. The van der Waals surface area contributed by atoms with Gasteiger partial charge in [0.1, 0.15) is 0 Å². The van der Waals surface area contributed by atoms with E-state index in [0.29, 0.717) is 24.1 Å². The number of urea groups is 1. The molecule has 120 valence electrons. The number of halogens is 1. The first-order valence-electron chi connectivity index (χ1n) is 7.28. The molecule has 0 unspecified atom stereocenters. The van der Waals surface area contributed by atoms with Gasteiger partial charge in [-0.15, -0.1) is 16.4 Å². The van der Waals surface area contributed by atoms with Crippen molar-refractivity contribution in [2.45, 2.75) is 13.8 Å². The molecule has 6 nitrogen and oxygen atoms in total. The number of carbonyl (C=O) groups is 1. The van der Waals surface area contributed by atoms with Gasteiger partial charge in [-0.25, -0.2) is 9.31 Å². The number of benzene rings is 1. The molecule has 2 amide bonds. The first-order valence-corrected chi connectivity index (χ1v) is 8.54. The van der Waals surface area contributed by atoms with Crippen LogP contribution in [0.5, 0.6) is 0 Å². The molecule has 0 atom stereocenters. The minimum Gasteiger partial charge on any atom is -0.325 e. The van der Waals surface area contributed by atoms with Crippen LogP contribution in [-0.2, 0) is 0 Å². The molecule has 0 saturated carbocycles. The van der Waals surface area contributed by atoms with Crippen molar-refractivity contribution >= 4 is 39.9 Å². The molecule has 3 rings (SSSR count). The Kier molecular flexibility index (Phi) is 4.49. The third-order valence-electron chi connectivity index (χ3n) is 3.49. The summed E-state index contributed by atoms with van der Waals surface area (Å²) in [6, 6.07) is 7.33. The molecule has 23 heavy (non-hydrogen) atoms. The Balaban J connectivity index is 1.88. The van der Waals surface area contributed by atoms with Crippen molar-refractivity contribution in [3.05, 3.63) is 34.7 Å². The fourth-order valence-electron chi connectivity index (χ4n) is 2.24. The highest BCUT2D eigenvalue weighted by Crippen LogP contribution is 2.26. The molecule has 2 heterocycles. The summed E-state index contributed by atoms with van der Waals surface area (Å²) in [5, 5.41) is 9.79. The Bertz CT molecular complexity index is 822. The van der Waals surface area contributed by atoms with Gasteiger partial charge >= 0.3 is 6.03 Å². The van der Waals surface area contributed by atoms with Gasteiger partial charge in [-0.2, -0.15) is 4.98 Å². The van der Waals surface area contributed by atoms with E-state index in [9.17, 15) is 4.79 Å². The number of thiazole rings is 1. The monoisotopic (exact) mass is 349 g/mol. The topological polar surface area (TPSA) is 62.5 Å². The molecule has 0 spiro atoms. The molecule has 2 aromatic heterocycles. The molecule has 0 aliphatic carbocycles. The zero-order valence-electron chi connectivity index (χ0n) is 12.8. The number of aromatic nitrogens is 3. The highest BCUT2D eigenvalue weighted by molar-refractivity contribution is 7.15. The standard InChI is InChI=1S/C15H16ClN5OS/c1-3-20(4-2)14(22)17-13-18-15-21(19-13)12(9-23-15)10-5-7-11(16)8-6-10/h5-9H,3-4H2,1-2H3,(H,17,19,22). The number of anilines is 1. The summed E-state index contributed by atoms with van der Waals surface area (Å²) in [6.45, 7) is 5.14. The molecule has 0 fully saturated rings. The van der Waals surface area contributed by atoms with Crippen LogP contribution in [0.3, 0.4) is 0 Å². The molecule has 0 aliphatic rings. The lowest BCUT2D eigenvalue weighted by Gasteiger charge is -2.17. The van der Waals surface area contributed by atoms with Crippen LogP contribution in [0.25, 0.3) is 16.2 Å². The van der Waals surface area contributed by atoms with E-state index < -0.39 is 0 Å². The van der Waals surface area contributed by atoms with Crippen molar-refractivity contribution in [3.63, 3.8) is 0 Å². The average molecular weight is 350 g/mol. The molecule has 1 aromatic carbocycles. The Labute approximate surface area is 142 Å². The number of hydrogen-bond donors (Lipinski definition) is 1. The van der Waals surface area contributed by atoms with Crippen LogP contribution in [0.1, 0.15) is 13.8 Å². The van der Waals surface area contributed by atoms with Gasteiger partial charge in [0.25, 0.3) is 5.95 Å². The van der Waals surface area contributed by atoms with E-state index >= 15 is 0 Å². The van der Waals surface area contributed by atoms with Crippen LogP contribution in [0.4, 0.5) is 10.7 Å². The van der Waals surface area contributed by atoms with Crippen molar-refractivity contribution in [1.82, 2.24) is 19.5 Å². The van der Waals surface area contributed by atoms with E-state index in [1.54, 1.807) is 9.42 Å². The Hall–Kier alpha value is -2.12. The lowest BCUT2D eigenvalue weighted by Crippen LogP contribution is -2.34. The first-order chi connectivity index (χ1) is 11.1. The predicted molar refractivity (Wildman–Crippen MR) is 93.2 cm³/mol. The zero-order valence-corrected chi connectivity index (χ0v) is 14.4. The van der Waals surface area contributed by atoms with E-state index in [1.165, 1.54) is 11.3 Å². The summed E-state index contributed by atoms with van der Waals surface area (Å²) in [6.07, 6.45) is 0. The molecule has 0 saturated heterocycles. The average Bonchev–Trinajstić information content (AvgIpc) is 3.09. The molecular formula is C15H16ClN5OS. The Morgan fingerprint density at radius 1 is 1.30 bits per heavy atom. The van der Waals surface area contributed by atoms with Crippen LogP contribution >= 0.6 is 22.9 Å². The van der Waals surface area contributed by atoms with E-state index in [4.69, 9.17) is 11.6 Å². The Morgan fingerprint density at radius 3 is 2.65 bits per heavy atom. The van der Waals surface area contributed by atoms with Gasteiger partial charge in [0.2, 0.25) is 4.96 Å². The van der Waals surface area contributed by atoms with E-state index in [0.717, 1.165) is 16.2 Å². The normalized spacial score (nSPS) is 10.9. The van der Waals surface area contributed by atoms with Gasteiger partial charge in [0.15, 0.2) is 0 Å². The third kappa shape index (κ3) is 3.16. The SMILES string of the molecule is CCN(CC)C(=O)Nc1nc2scc(-c3ccc(Cl)cc3)n2n1. The molecule has 0 radical (unpaired) electrons. The summed E-state index contributed by atoms with van der Waals surface area (Å²) in [4.78, 5) is 18.8. The first kappa shape index (κ1) is 15.8. The molecule has 1 N–H and O–H groups in total. The number of hydrogen-bond acceptors (Lipinski definition) is 4. The minimum atomic E-state index is -0.193. The summed E-state index contributed by atoms with van der Waals surface area (Å²) in [5.41, 5.74) is 1.91. The van der Waals surface area contributed by atoms with Gasteiger partial charge in [0.05, 0.1) is 5.69 Å². The molecule has 0 bridgehead atoms. The number of nitrogens with zero attached hydrogens (tertiary/aromatic N) is 4. The maximum atomic E-state index is 12.1. The number of fused-ring (bicyclic) bond motifs is 1. The maximum Gasteiger partial charge on any atom is 0.324 e. The fraction of sp³-hybridized carbons (Fsp3) is 0.267. The summed E-state index contributed by atoms with van der Waals surface area (Å²) in [5.74, 6) is 0.309. The van der Waals surface area contributed by atoms with Gasteiger partial charge in [-0.1, -0.05) is 23.7 Å². The highest BCUT2D eigenvalue weighted by atomic mass is 35.5. The summed E-state index contributed by atoms with van der Waals surface area (Å²) >= 11 is 7.40. The van der Waals surface area contributed by atoms with Crippen molar-refractivity contribution < 1.29 is 4.79 Å². The quantitative estimate of drug-likeness (QED) is 0.774. The predicted octanol–water partition coefficient (Wildman–Crippen LogP) is 3.98. The van der Waals surface area contributed by atoms with E-state index in [-0.39, 0.29) is 6.03 Å². The van der Waals surface area contributed by atoms with Crippen molar-refractivity contribution in [1.29, 1.82) is 0 Å². The van der Waals surface area contributed by atoms with Crippen LogP contribution in [0.2, 0.25) is 5.02 Å².